The van der Waals surface area contributed by atoms with E-state index in [1.807, 2.05) is 13.8 Å². The quantitative estimate of drug-likeness (QED) is 0.478. The lowest BCUT2D eigenvalue weighted by Gasteiger charge is -2.29. The van der Waals surface area contributed by atoms with Crippen LogP contribution in [-0.2, 0) is 0 Å². The van der Waals surface area contributed by atoms with Gasteiger partial charge in [-0.1, -0.05) is 13.8 Å². The normalized spacial score (nSPS) is 12.0. The van der Waals surface area contributed by atoms with Crippen molar-refractivity contribution in [2.24, 2.45) is 5.73 Å². The summed E-state index contributed by atoms with van der Waals surface area (Å²) in [6.07, 6.45) is 0.648. The second-order valence-electron chi connectivity index (χ2n) is 2.28. The first-order valence-corrected chi connectivity index (χ1v) is 3.76. The average molecular weight is 144 g/mol. The lowest BCUT2D eigenvalue weighted by molar-refractivity contribution is 0.277. The van der Waals surface area contributed by atoms with Gasteiger partial charge in [-0.05, 0) is 26.4 Å². The van der Waals surface area contributed by atoms with Gasteiger partial charge in [0.1, 0.15) is 5.79 Å². The van der Waals surface area contributed by atoms with Gasteiger partial charge in [-0.2, -0.15) is 0 Å². The molecular weight excluding hydrogens is 126 g/mol. The molecule has 10 heavy (non-hydrogen) atoms. The van der Waals surface area contributed by atoms with Crippen LogP contribution in [0.15, 0.2) is 0 Å². The molecule has 0 saturated carbocycles. The van der Waals surface area contributed by atoms with Crippen LogP contribution in [0.1, 0.15) is 20.3 Å². The SMILES string of the molecule is [CH2]CC(N)(NCC)NCC. The van der Waals surface area contributed by atoms with Crippen LogP contribution >= 0.6 is 0 Å². The van der Waals surface area contributed by atoms with Crippen molar-refractivity contribution in [2.45, 2.75) is 26.1 Å². The third-order valence-electron chi connectivity index (χ3n) is 1.38. The highest BCUT2D eigenvalue weighted by atomic mass is 15.3. The van der Waals surface area contributed by atoms with Gasteiger partial charge in [-0.3, -0.25) is 10.6 Å². The Balaban J connectivity index is 3.69. The minimum atomic E-state index is -0.469. The summed E-state index contributed by atoms with van der Waals surface area (Å²) in [6, 6.07) is 0. The summed E-state index contributed by atoms with van der Waals surface area (Å²) >= 11 is 0. The second-order valence-corrected chi connectivity index (χ2v) is 2.28. The first kappa shape index (κ1) is 9.88. The third kappa shape index (κ3) is 3.15. The Morgan fingerprint density at radius 3 is 1.90 bits per heavy atom. The zero-order chi connectivity index (χ0) is 8.04. The van der Waals surface area contributed by atoms with Gasteiger partial charge in [-0.25, -0.2) is 0 Å². The van der Waals surface area contributed by atoms with Crippen molar-refractivity contribution < 1.29 is 0 Å². The molecule has 3 heteroatoms. The Labute approximate surface area is 63.4 Å². The summed E-state index contributed by atoms with van der Waals surface area (Å²) in [5.41, 5.74) is 5.83. The molecule has 1 radical (unpaired) electrons. The van der Waals surface area contributed by atoms with Gasteiger partial charge in [0.25, 0.3) is 0 Å². The molecule has 0 spiro atoms. The van der Waals surface area contributed by atoms with E-state index in [4.69, 9.17) is 5.73 Å². The lowest BCUT2D eigenvalue weighted by Crippen LogP contribution is -2.63. The summed E-state index contributed by atoms with van der Waals surface area (Å²) in [5.74, 6) is -0.469. The molecule has 0 aromatic rings. The molecule has 61 valence electrons. The van der Waals surface area contributed by atoms with E-state index in [9.17, 15) is 0 Å². The van der Waals surface area contributed by atoms with Gasteiger partial charge in [-0.15, -0.1) is 0 Å². The highest BCUT2D eigenvalue weighted by molar-refractivity contribution is 4.77. The number of hydrogen-bond acceptors (Lipinski definition) is 3. The van der Waals surface area contributed by atoms with Crippen LogP contribution in [0.2, 0.25) is 0 Å². The van der Waals surface area contributed by atoms with Gasteiger partial charge < -0.3 is 5.73 Å². The molecule has 0 rings (SSSR count). The monoisotopic (exact) mass is 144 g/mol. The van der Waals surface area contributed by atoms with E-state index in [1.165, 1.54) is 0 Å². The lowest BCUT2D eigenvalue weighted by atomic mass is 10.2. The standard InChI is InChI=1S/C7H18N3/c1-4-7(8,9-5-2)10-6-3/h9-10H,1,4-6,8H2,2-3H3. The molecule has 0 aliphatic heterocycles. The maximum atomic E-state index is 5.83. The van der Waals surface area contributed by atoms with Crippen LogP contribution in [0, 0.1) is 6.92 Å². The zero-order valence-electron chi connectivity index (χ0n) is 6.91. The van der Waals surface area contributed by atoms with Crippen LogP contribution in [-0.4, -0.2) is 18.9 Å². The summed E-state index contributed by atoms with van der Waals surface area (Å²) in [6.45, 7) is 9.51. The molecule has 0 heterocycles. The second kappa shape index (κ2) is 4.66. The van der Waals surface area contributed by atoms with E-state index in [1.54, 1.807) is 0 Å². The Morgan fingerprint density at radius 1 is 1.30 bits per heavy atom. The van der Waals surface area contributed by atoms with Crippen LogP contribution in [0.5, 0.6) is 0 Å². The summed E-state index contributed by atoms with van der Waals surface area (Å²) < 4.78 is 0. The number of nitrogens with two attached hydrogens (primary N) is 1. The van der Waals surface area contributed by atoms with Crippen LogP contribution in [0.25, 0.3) is 0 Å². The topological polar surface area (TPSA) is 50.1 Å². The maximum Gasteiger partial charge on any atom is 0.120 e. The first-order chi connectivity index (χ1) is 4.68. The van der Waals surface area contributed by atoms with Crippen molar-refractivity contribution in [3.63, 3.8) is 0 Å². The molecule has 0 atom stereocenters. The molecule has 0 aromatic carbocycles. The smallest absolute Gasteiger partial charge is 0.120 e. The minimum Gasteiger partial charge on any atom is -0.301 e. The van der Waals surface area contributed by atoms with Gasteiger partial charge >= 0.3 is 0 Å². The number of hydrogen-bond donors (Lipinski definition) is 3. The van der Waals surface area contributed by atoms with Crippen molar-refractivity contribution in [2.75, 3.05) is 13.1 Å². The highest BCUT2D eigenvalue weighted by Gasteiger charge is 2.17. The van der Waals surface area contributed by atoms with Gasteiger partial charge in [0, 0.05) is 0 Å². The fourth-order valence-corrected chi connectivity index (χ4v) is 0.870. The third-order valence-corrected chi connectivity index (χ3v) is 1.38. The van der Waals surface area contributed by atoms with Gasteiger partial charge in [0.15, 0.2) is 0 Å². The molecule has 0 amide bonds. The van der Waals surface area contributed by atoms with Crippen molar-refractivity contribution in [3.05, 3.63) is 6.92 Å². The number of nitrogens with one attached hydrogen (secondary N) is 2. The fourth-order valence-electron chi connectivity index (χ4n) is 0.870. The molecule has 4 N–H and O–H groups in total. The fraction of sp³-hybridized carbons (Fsp3) is 0.857. The maximum absolute atomic E-state index is 5.83. The molecule has 0 bridgehead atoms. The zero-order valence-corrected chi connectivity index (χ0v) is 6.91. The van der Waals surface area contributed by atoms with Crippen LogP contribution in [0.4, 0.5) is 0 Å². The predicted octanol–water partition coefficient (Wildman–Crippen LogP) is 0.0421. The van der Waals surface area contributed by atoms with Crippen molar-refractivity contribution >= 4 is 0 Å². The van der Waals surface area contributed by atoms with Gasteiger partial charge in [0.2, 0.25) is 0 Å². The first-order valence-electron chi connectivity index (χ1n) is 3.76. The molecule has 0 saturated heterocycles. The Hall–Kier alpha value is -0.120. The molecule has 0 aliphatic rings. The molecule has 0 aromatic heterocycles. The van der Waals surface area contributed by atoms with E-state index < -0.39 is 5.79 Å². The molecule has 3 nitrogen and oxygen atoms in total. The predicted molar refractivity (Wildman–Crippen MR) is 44.2 cm³/mol. The Kier molecular flexibility index (Phi) is 4.60. The average Bonchev–Trinajstić information content (AvgIpc) is 1.89. The van der Waals surface area contributed by atoms with Crippen molar-refractivity contribution in [1.82, 2.24) is 10.6 Å². The van der Waals surface area contributed by atoms with Crippen LogP contribution in [0.3, 0.4) is 0 Å². The largest absolute Gasteiger partial charge is 0.301 e. The summed E-state index contributed by atoms with van der Waals surface area (Å²) in [7, 11) is 0. The molecular formula is C7H18N3. The minimum absolute atomic E-state index is 0.469. The van der Waals surface area contributed by atoms with Crippen LogP contribution < -0.4 is 16.4 Å². The Bertz CT molecular complexity index is 76.9. The van der Waals surface area contributed by atoms with E-state index >= 15 is 0 Å². The molecule has 0 unspecified atom stereocenters. The van der Waals surface area contributed by atoms with E-state index in [2.05, 4.69) is 17.6 Å². The van der Waals surface area contributed by atoms with Gasteiger partial charge in [0.05, 0.1) is 0 Å². The highest BCUT2D eigenvalue weighted by Crippen LogP contribution is 1.94. The number of rotatable bonds is 5. The van der Waals surface area contributed by atoms with E-state index in [-0.39, 0.29) is 0 Å². The Morgan fingerprint density at radius 2 is 1.70 bits per heavy atom. The molecule has 0 fully saturated rings. The van der Waals surface area contributed by atoms with Crippen molar-refractivity contribution in [3.8, 4) is 0 Å². The molecule has 0 aliphatic carbocycles. The summed E-state index contributed by atoms with van der Waals surface area (Å²) in [4.78, 5) is 0. The summed E-state index contributed by atoms with van der Waals surface area (Å²) in [5, 5.41) is 6.23. The van der Waals surface area contributed by atoms with E-state index in [0.717, 1.165) is 13.1 Å². The van der Waals surface area contributed by atoms with Crippen molar-refractivity contribution in [1.29, 1.82) is 0 Å². The van der Waals surface area contributed by atoms with E-state index in [0.29, 0.717) is 6.42 Å².